The Labute approximate surface area is 260 Å². The Kier molecular flexibility index (Phi) is 8.80. The standard InChI is InChI=1S/C32H37N7O6/c1-37-18-29(40)34-24-11-12-39(17-28-35-31-23(32(42)36-28)15-33-38(31)2)16-27(24)44-19-21-5-4-6-22(13-21)45-25-9-7-20(8-10-30(37)41)14-26(25)43-3/h4-7,9,13-15,24,27H,8,10-12,16-19H2,1-3H3,(H,34,40)(H,35,36,42)/t24-,27-/m0/s1. The van der Waals surface area contributed by atoms with Crippen LogP contribution in [0, 0.1) is 0 Å². The van der Waals surface area contributed by atoms with Crippen molar-refractivity contribution in [2.75, 3.05) is 33.8 Å². The molecule has 2 atom stereocenters. The molecule has 13 nitrogen and oxygen atoms in total. The van der Waals surface area contributed by atoms with E-state index in [-0.39, 0.29) is 49.1 Å². The van der Waals surface area contributed by atoms with Crippen LogP contribution in [0.3, 0.4) is 0 Å². The van der Waals surface area contributed by atoms with Gasteiger partial charge in [0.25, 0.3) is 5.56 Å². The van der Waals surface area contributed by atoms with Gasteiger partial charge in [0, 0.05) is 33.6 Å². The van der Waals surface area contributed by atoms with Crippen LogP contribution in [-0.4, -0.2) is 87.3 Å². The Balaban J connectivity index is 1.24. The van der Waals surface area contributed by atoms with Gasteiger partial charge in [0.2, 0.25) is 11.8 Å². The summed E-state index contributed by atoms with van der Waals surface area (Å²) < 4.78 is 19.8. The maximum Gasteiger partial charge on any atom is 0.262 e. The molecule has 2 aromatic carbocycles. The number of ether oxygens (including phenoxy) is 3. The van der Waals surface area contributed by atoms with E-state index in [1.807, 2.05) is 42.5 Å². The molecule has 5 heterocycles. The molecular formula is C32H37N7O6. The van der Waals surface area contributed by atoms with E-state index in [0.717, 1.165) is 11.1 Å². The van der Waals surface area contributed by atoms with E-state index in [0.29, 0.717) is 66.6 Å². The summed E-state index contributed by atoms with van der Waals surface area (Å²) in [4.78, 5) is 49.7. The van der Waals surface area contributed by atoms with Crippen molar-refractivity contribution in [1.82, 2.24) is 34.9 Å². The fourth-order valence-electron chi connectivity index (χ4n) is 5.80. The number of likely N-dealkylation sites (N-methyl/N-ethyl adjacent to an activating group) is 1. The largest absolute Gasteiger partial charge is 0.493 e. The highest BCUT2D eigenvalue weighted by Crippen LogP contribution is 2.33. The zero-order valence-corrected chi connectivity index (χ0v) is 25.6. The van der Waals surface area contributed by atoms with Crippen LogP contribution in [0.15, 0.2) is 53.5 Å². The fraction of sp³-hybridized carbons (Fsp3) is 0.406. The maximum absolute atomic E-state index is 13.1. The van der Waals surface area contributed by atoms with Crippen LogP contribution in [0.1, 0.15) is 29.8 Å². The monoisotopic (exact) mass is 615 g/mol. The van der Waals surface area contributed by atoms with Crippen molar-refractivity contribution in [3.8, 4) is 17.2 Å². The lowest BCUT2D eigenvalue weighted by Gasteiger charge is -2.38. The minimum absolute atomic E-state index is 0.0558. The lowest BCUT2D eigenvalue weighted by atomic mass is 10.0. The van der Waals surface area contributed by atoms with Crippen LogP contribution in [0.5, 0.6) is 17.2 Å². The third-order valence-corrected chi connectivity index (χ3v) is 8.27. The number of amides is 2. The summed E-state index contributed by atoms with van der Waals surface area (Å²) in [5.41, 5.74) is 2.12. The minimum Gasteiger partial charge on any atom is -0.493 e. The SMILES string of the molecule is COc1cc2ccc1Oc1cccc(c1)CO[C@H]1CN(Cc3nc4c(cnn4C)c(=O)[nH]3)CC[C@@H]1NC(=O)CN(C)C(=O)CC2. The number of nitrogens with zero attached hydrogens (tertiary/aromatic N) is 5. The van der Waals surface area contributed by atoms with Crippen molar-refractivity contribution in [3.63, 3.8) is 0 Å². The summed E-state index contributed by atoms with van der Waals surface area (Å²) in [5, 5.41) is 7.70. The summed E-state index contributed by atoms with van der Waals surface area (Å²) in [6.45, 7) is 1.77. The molecule has 3 aliphatic rings. The number of hydrogen-bond donors (Lipinski definition) is 2. The molecule has 2 N–H and O–H groups in total. The maximum atomic E-state index is 13.1. The number of aromatic amines is 1. The molecule has 4 bridgehead atoms. The fourth-order valence-corrected chi connectivity index (χ4v) is 5.80. The van der Waals surface area contributed by atoms with Crippen LogP contribution in [0.2, 0.25) is 0 Å². The third kappa shape index (κ3) is 6.99. The topological polar surface area (TPSA) is 144 Å². The summed E-state index contributed by atoms with van der Waals surface area (Å²) in [7, 11) is 4.97. The number of methoxy groups -OCH3 is 1. The Morgan fingerprint density at radius 1 is 1.07 bits per heavy atom. The highest BCUT2D eigenvalue weighted by molar-refractivity contribution is 5.85. The lowest BCUT2D eigenvalue weighted by Crippen LogP contribution is -2.56. The number of nitrogens with one attached hydrogen (secondary N) is 2. The first-order chi connectivity index (χ1) is 21.7. The average Bonchev–Trinajstić information content (AvgIpc) is 3.40. The van der Waals surface area contributed by atoms with Gasteiger partial charge < -0.3 is 29.4 Å². The molecule has 1 saturated heterocycles. The number of hydrogen-bond acceptors (Lipinski definition) is 9. The summed E-state index contributed by atoms with van der Waals surface area (Å²) >= 11 is 0. The van der Waals surface area contributed by atoms with Crippen LogP contribution >= 0.6 is 0 Å². The number of aryl methyl sites for hydroxylation is 2. The highest BCUT2D eigenvalue weighted by atomic mass is 16.5. The number of H-pyrrole nitrogens is 1. The predicted octanol–water partition coefficient (Wildman–Crippen LogP) is 2.14. The van der Waals surface area contributed by atoms with Gasteiger partial charge in [-0.3, -0.25) is 24.0 Å². The molecule has 0 aliphatic carbocycles. The second kappa shape index (κ2) is 13.1. The van der Waals surface area contributed by atoms with Crippen LogP contribution in [-0.2, 0) is 40.9 Å². The number of piperidine rings is 1. The molecule has 2 aromatic heterocycles. The predicted molar refractivity (Wildman–Crippen MR) is 165 cm³/mol. The number of carbonyl (C=O) groups is 2. The molecule has 2 amide bonds. The Hall–Kier alpha value is -4.75. The molecule has 4 aromatic rings. The smallest absolute Gasteiger partial charge is 0.262 e. The first-order valence-electron chi connectivity index (χ1n) is 15.0. The van der Waals surface area contributed by atoms with Crippen molar-refractivity contribution in [3.05, 3.63) is 76.0 Å². The summed E-state index contributed by atoms with van der Waals surface area (Å²) in [5.74, 6) is 1.92. The number of likely N-dealkylation sites (tertiary alicyclic amines) is 1. The van der Waals surface area contributed by atoms with Crippen molar-refractivity contribution in [2.24, 2.45) is 7.05 Å². The van der Waals surface area contributed by atoms with Gasteiger partial charge in [-0.1, -0.05) is 18.2 Å². The molecule has 0 spiro atoms. The molecule has 236 valence electrons. The van der Waals surface area contributed by atoms with Gasteiger partial charge in [-0.05, 0) is 48.2 Å². The van der Waals surface area contributed by atoms with Gasteiger partial charge >= 0.3 is 0 Å². The van der Waals surface area contributed by atoms with Crippen LogP contribution < -0.4 is 20.3 Å². The first kappa shape index (κ1) is 30.3. The van der Waals surface area contributed by atoms with Crippen LogP contribution in [0.25, 0.3) is 11.0 Å². The third-order valence-electron chi connectivity index (χ3n) is 8.27. The molecule has 1 fully saturated rings. The Bertz CT molecular complexity index is 1770. The van der Waals surface area contributed by atoms with E-state index in [4.69, 9.17) is 14.2 Å². The van der Waals surface area contributed by atoms with Crippen molar-refractivity contribution < 1.29 is 23.8 Å². The first-order valence-corrected chi connectivity index (χ1v) is 15.0. The molecule has 45 heavy (non-hydrogen) atoms. The van der Waals surface area contributed by atoms with Gasteiger partial charge in [0.15, 0.2) is 17.1 Å². The Morgan fingerprint density at radius 3 is 2.78 bits per heavy atom. The van der Waals surface area contributed by atoms with E-state index >= 15 is 0 Å². The summed E-state index contributed by atoms with van der Waals surface area (Å²) in [6, 6.07) is 13.0. The molecule has 0 saturated carbocycles. The summed E-state index contributed by atoms with van der Waals surface area (Å²) in [6.07, 6.45) is 2.50. The van der Waals surface area contributed by atoms with Gasteiger partial charge in [-0.2, -0.15) is 5.10 Å². The molecule has 0 radical (unpaired) electrons. The van der Waals surface area contributed by atoms with Crippen molar-refractivity contribution >= 4 is 22.8 Å². The van der Waals surface area contributed by atoms with Crippen LogP contribution in [0.4, 0.5) is 0 Å². The molecule has 7 rings (SSSR count). The van der Waals surface area contributed by atoms with Crippen molar-refractivity contribution in [1.29, 1.82) is 0 Å². The number of aromatic nitrogens is 4. The van der Waals surface area contributed by atoms with Crippen molar-refractivity contribution in [2.45, 2.75) is 44.6 Å². The van der Waals surface area contributed by atoms with Gasteiger partial charge in [-0.25, -0.2) is 4.98 Å². The molecule has 13 heteroatoms. The normalized spacial score (nSPS) is 20.1. The number of carbonyl (C=O) groups excluding carboxylic acids is 2. The number of fused-ring (bicyclic) bond motifs is 10. The van der Waals surface area contributed by atoms with Gasteiger partial charge in [0.05, 0.1) is 45.1 Å². The van der Waals surface area contributed by atoms with Gasteiger partial charge in [0.1, 0.15) is 17.0 Å². The lowest BCUT2D eigenvalue weighted by molar-refractivity contribution is -0.135. The average molecular weight is 616 g/mol. The zero-order valence-electron chi connectivity index (χ0n) is 25.6. The van der Waals surface area contributed by atoms with E-state index < -0.39 is 0 Å². The van der Waals surface area contributed by atoms with Gasteiger partial charge in [-0.15, -0.1) is 0 Å². The Morgan fingerprint density at radius 2 is 1.93 bits per heavy atom. The number of benzene rings is 2. The molecule has 0 unspecified atom stereocenters. The van der Waals surface area contributed by atoms with E-state index in [2.05, 4.69) is 25.3 Å². The number of rotatable bonds is 3. The quantitative estimate of drug-likeness (QED) is 0.354. The minimum atomic E-state index is -0.366. The second-order valence-corrected chi connectivity index (χ2v) is 11.5. The van der Waals surface area contributed by atoms with E-state index in [1.54, 1.807) is 25.9 Å². The second-order valence-electron chi connectivity index (χ2n) is 11.5. The highest BCUT2D eigenvalue weighted by Gasteiger charge is 2.32. The zero-order chi connectivity index (χ0) is 31.5. The molecular weight excluding hydrogens is 578 g/mol. The van der Waals surface area contributed by atoms with E-state index in [1.165, 1.54) is 11.1 Å². The van der Waals surface area contributed by atoms with E-state index in [9.17, 15) is 14.4 Å². The molecule has 3 aliphatic heterocycles.